The molecule has 0 radical (unpaired) electrons. The maximum Gasteiger partial charge on any atom is 0.326 e. The molecule has 4 rings (SSSR count). The lowest BCUT2D eigenvalue weighted by molar-refractivity contribution is -0.139. The molecule has 0 aromatic heterocycles. The maximum atomic E-state index is 13.9. The third-order valence-electron chi connectivity index (χ3n) is 8.23. The third-order valence-corrected chi connectivity index (χ3v) is 10.7. The molecule has 2 N–H and O–H groups in total. The Balaban J connectivity index is 1.69. The minimum absolute atomic E-state index is 0.163. The van der Waals surface area contributed by atoms with E-state index in [1.54, 1.807) is 46.8 Å². The van der Waals surface area contributed by atoms with Crippen LogP contribution in [0.4, 0.5) is 0 Å². The van der Waals surface area contributed by atoms with Crippen molar-refractivity contribution in [3.8, 4) is 11.1 Å². The molecule has 1 fully saturated rings. The van der Waals surface area contributed by atoms with E-state index in [9.17, 15) is 23.1 Å². The summed E-state index contributed by atoms with van der Waals surface area (Å²) in [7, 11) is -3.76. The normalized spacial score (nSPS) is 14.9. The van der Waals surface area contributed by atoms with Gasteiger partial charge in [-0.15, -0.1) is 0 Å². The van der Waals surface area contributed by atoms with Gasteiger partial charge < -0.3 is 10.4 Å². The number of aliphatic carboxylic acids is 1. The fraction of sp³-hybridized carbons (Fsp3) is 0.412. The van der Waals surface area contributed by atoms with Crippen LogP contribution >= 0.6 is 11.8 Å². The SMILES string of the molecule is CSCCC(NC(=O)c1ccc(CN(CCC2CCCCC2)S(=O)(=O)c2ccccc2)cc1-c1ccccc1C)C(=O)O. The van der Waals surface area contributed by atoms with Gasteiger partial charge in [0.1, 0.15) is 6.04 Å². The van der Waals surface area contributed by atoms with Crippen molar-refractivity contribution in [2.45, 2.75) is 69.4 Å². The van der Waals surface area contributed by atoms with Crippen LogP contribution in [0, 0.1) is 12.8 Å². The van der Waals surface area contributed by atoms with Gasteiger partial charge in [0.15, 0.2) is 0 Å². The average molecular weight is 623 g/mol. The van der Waals surface area contributed by atoms with Gasteiger partial charge in [-0.2, -0.15) is 16.1 Å². The number of carboxylic acids is 1. The number of hydrogen-bond acceptors (Lipinski definition) is 5. The summed E-state index contributed by atoms with van der Waals surface area (Å²) in [6.45, 7) is 2.54. The number of benzene rings is 3. The fourth-order valence-corrected chi connectivity index (χ4v) is 7.68. The van der Waals surface area contributed by atoms with Crippen molar-refractivity contribution in [3.05, 3.63) is 89.5 Å². The number of rotatable bonds is 14. The minimum atomic E-state index is -3.76. The standard InChI is InChI=1S/C34H42N2O5S2/c1-25-11-9-10-16-29(25)31-23-27(17-18-30(31)33(37)35-32(34(38)39)20-22-42-2)24-36(21-19-26-12-5-3-6-13-26)43(40,41)28-14-7-4-8-15-28/h4,7-11,14-18,23,26,32H,3,5-6,12-13,19-22,24H2,1-2H3,(H,35,37)(H,38,39). The van der Waals surface area contributed by atoms with E-state index in [0.717, 1.165) is 36.0 Å². The molecule has 230 valence electrons. The number of carboxylic acid groups (broad SMARTS) is 1. The zero-order valence-electron chi connectivity index (χ0n) is 25.0. The van der Waals surface area contributed by atoms with Crippen LogP contribution in [0.2, 0.25) is 0 Å². The summed E-state index contributed by atoms with van der Waals surface area (Å²) in [6, 6.07) is 20.6. The van der Waals surface area contributed by atoms with Gasteiger partial charge in [-0.25, -0.2) is 13.2 Å². The summed E-state index contributed by atoms with van der Waals surface area (Å²) in [4.78, 5) is 25.6. The Kier molecular flexibility index (Phi) is 11.8. The van der Waals surface area contributed by atoms with Crippen molar-refractivity contribution in [2.75, 3.05) is 18.6 Å². The van der Waals surface area contributed by atoms with Gasteiger partial charge in [0, 0.05) is 18.7 Å². The first-order valence-corrected chi connectivity index (χ1v) is 17.8. The molecule has 1 saturated carbocycles. The van der Waals surface area contributed by atoms with Crippen molar-refractivity contribution >= 4 is 33.7 Å². The average Bonchev–Trinajstić information content (AvgIpc) is 3.02. The molecule has 43 heavy (non-hydrogen) atoms. The second kappa shape index (κ2) is 15.5. The second-order valence-electron chi connectivity index (χ2n) is 11.3. The third kappa shape index (κ3) is 8.71. The molecule has 1 atom stereocenters. The van der Waals surface area contributed by atoms with Crippen molar-refractivity contribution in [2.24, 2.45) is 5.92 Å². The molecule has 1 aliphatic carbocycles. The Hall–Kier alpha value is -3.14. The highest BCUT2D eigenvalue weighted by atomic mass is 32.2. The van der Waals surface area contributed by atoms with Crippen molar-refractivity contribution in [1.29, 1.82) is 0 Å². The van der Waals surface area contributed by atoms with Gasteiger partial charge in [-0.1, -0.05) is 80.6 Å². The van der Waals surface area contributed by atoms with Crippen LogP contribution in [0.25, 0.3) is 11.1 Å². The predicted molar refractivity (Wildman–Crippen MR) is 174 cm³/mol. The molecule has 7 nitrogen and oxygen atoms in total. The van der Waals surface area contributed by atoms with E-state index in [2.05, 4.69) is 5.32 Å². The monoisotopic (exact) mass is 622 g/mol. The molecular formula is C34H42N2O5S2. The summed E-state index contributed by atoms with van der Waals surface area (Å²) in [5.74, 6) is -0.419. The van der Waals surface area contributed by atoms with E-state index < -0.39 is 27.9 Å². The van der Waals surface area contributed by atoms with Crippen LogP contribution in [-0.4, -0.2) is 54.3 Å². The van der Waals surface area contributed by atoms with Crippen molar-refractivity contribution < 1.29 is 23.1 Å². The quantitative estimate of drug-likeness (QED) is 0.206. The number of thioether (sulfide) groups is 1. The summed E-state index contributed by atoms with van der Waals surface area (Å²) in [6.07, 6.45) is 8.92. The van der Waals surface area contributed by atoms with Gasteiger partial charge in [0.05, 0.1) is 4.90 Å². The van der Waals surface area contributed by atoms with E-state index in [4.69, 9.17) is 0 Å². The molecule has 0 bridgehead atoms. The molecule has 0 spiro atoms. The number of carbonyl (C=O) groups excluding carboxylic acids is 1. The lowest BCUT2D eigenvalue weighted by Gasteiger charge is -2.27. The zero-order chi connectivity index (χ0) is 30.8. The number of sulfonamides is 1. The Morgan fingerprint density at radius 3 is 2.35 bits per heavy atom. The molecule has 3 aromatic carbocycles. The molecule has 0 heterocycles. The van der Waals surface area contributed by atoms with E-state index in [1.165, 1.54) is 31.0 Å². The number of nitrogens with zero attached hydrogens (tertiary/aromatic N) is 1. The lowest BCUT2D eigenvalue weighted by Crippen LogP contribution is -2.41. The highest BCUT2D eigenvalue weighted by molar-refractivity contribution is 7.98. The van der Waals surface area contributed by atoms with Crippen LogP contribution in [0.15, 0.2) is 77.7 Å². The number of nitrogens with one attached hydrogen (secondary N) is 1. The molecule has 1 aliphatic rings. The van der Waals surface area contributed by atoms with Gasteiger partial charge in [0.2, 0.25) is 10.0 Å². The summed E-state index contributed by atoms with van der Waals surface area (Å²) < 4.78 is 29.3. The van der Waals surface area contributed by atoms with Crippen molar-refractivity contribution in [3.63, 3.8) is 0 Å². The zero-order valence-corrected chi connectivity index (χ0v) is 26.6. The van der Waals surface area contributed by atoms with Crippen LogP contribution in [0.5, 0.6) is 0 Å². The van der Waals surface area contributed by atoms with E-state index in [1.807, 2.05) is 43.5 Å². The van der Waals surface area contributed by atoms with Gasteiger partial charge in [-0.3, -0.25) is 4.79 Å². The van der Waals surface area contributed by atoms with Crippen LogP contribution < -0.4 is 5.32 Å². The summed E-state index contributed by atoms with van der Waals surface area (Å²) in [5, 5.41) is 12.4. The highest BCUT2D eigenvalue weighted by Gasteiger charge is 2.27. The first kappa shape index (κ1) is 32.8. The van der Waals surface area contributed by atoms with E-state index in [-0.39, 0.29) is 11.4 Å². The predicted octanol–water partition coefficient (Wildman–Crippen LogP) is 6.76. The molecule has 0 saturated heterocycles. The Morgan fingerprint density at radius 2 is 1.67 bits per heavy atom. The molecule has 0 aliphatic heterocycles. The first-order valence-electron chi connectivity index (χ1n) is 15.0. The lowest BCUT2D eigenvalue weighted by atomic mass is 9.87. The molecule has 9 heteroatoms. The number of aryl methyl sites for hydroxylation is 1. The molecule has 3 aromatic rings. The second-order valence-corrected chi connectivity index (χ2v) is 14.2. The molecule has 1 amide bonds. The summed E-state index contributed by atoms with van der Waals surface area (Å²) >= 11 is 1.52. The maximum absolute atomic E-state index is 13.9. The molecule has 1 unspecified atom stereocenters. The smallest absolute Gasteiger partial charge is 0.326 e. The van der Waals surface area contributed by atoms with Crippen LogP contribution in [0.3, 0.4) is 0 Å². The molecular weight excluding hydrogens is 581 g/mol. The van der Waals surface area contributed by atoms with E-state index in [0.29, 0.717) is 35.8 Å². The van der Waals surface area contributed by atoms with E-state index >= 15 is 0 Å². The van der Waals surface area contributed by atoms with Gasteiger partial charge in [0.25, 0.3) is 5.91 Å². The van der Waals surface area contributed by atoms with Crippen molar-refractivity contribution in [1.82, 2.24) is 9.62 Å². The Morgan fingerprint density at radius 1 is 0.977 bits per heavy atom. The van der Waals surface area contributed by atoms with Gasteiger partial charge in [-0.05, 0) is 84.2 Å². The fourth-order valence-electron chi connectivity index (χ4n) is 5.75. The topological polar surface area (TPSA) is 104 Å². The number of carbonyl (C=O) groups is 2. The summed E-state index contributed by atoms with van der Waals surface area (Å²) in [5.41, 5.74) is 3.55. The van der Waals surface area contributed by atoms with Crippen LogP contribution in [0.1, 0.15) is 66.4 Å². The van der Waals surface area contributed by atoms with Gasteiger partial charge >= 0.3 is 5.97 Å². The number of amides is 1. The Labute approximate surface area is 260 Å². The van der Waals surface area contributed by atoms with Crippen LogP contribution in [-0.2, 0) is 21.4 Å². The number of hydrogen-bond donors (Lipinski definition) is 2. The largest absolute Gasteiger partial charge is 0.480 e. The Bertz CT molecular complexity index is 1490. The minimum Gasteiger partial charge on any atom is -0.480 e. The first-order chi connectivity index (χ1) is 20.7. The highest BCUT2D eigenvalue weighted by Crippen LogP contribution is 2.31.